The quantitative estimate of drug-likeness (QED) is 0.746. The Bertz CT molecular complexity index is 542. The summed E-state index contributed by atoms with van der Waals surface area (Å²) in [6.07, 6.45) is 1.78. The molecule has 1 atom stereocenters. The van der Waals surface area contributed by atoms with Crippen LogP contribution in [0.4, 0.5) is 0 Å². The van der Waals surface area contributed by atoms with E-state index < -0.39 is 0 Å². The highest BCUT2D eigenvalue weighted by molar-refractivity contribution is 14.1. The fraction of sp³-hybridized carbons (Fsp3) is 0.308. The molecule has 0 aliphatic heterocycles. The van der Waals surface area contributed by atoms with Crippen molar-refractivity contribution in [3.8, 4) is 11.3 Å². The highest BCUT2D eigenvalue weighted by atomic mass is 127. The van der Waals surface area contributed by atoms with E-state index in [2.05, 4.69) is 61.8 Å². The lowest BCUT2D eigenvalue weighted by molar-refractivity contribution is 0.429. The van der Waals surface area contributed by atoms with Gasteiger partial charge in [0, 0.05) is 13.6 Å². The number of benzene rings is 1. The first-order valence-corrected chi connectivity index (χ1v) is 7.63. The fourth-order valence-corrected chi connectivity index (χ4v) is 2.65. The zero-order valence-corrected chi connectivity index (χ0v) is 13.9. The van der Waals surface area contributed by atoms with Crippen molar-refractivity contribution < 1.29 is 4.42 Å². The average Bonchev–Trinajstić information content (AvgIpc) is 2.82. The standard InChI is InChI=1S/C13H14BrIN2O/c1-3-16-8(2)13-17-7-12(18-13)10-6-9(14)4-5-11(10)15/h4-8,16H,3H2,1-2H3. The number of hydrogen-bond donors (Lipinski definition) is 1. The maximum Gasteiger partial charge on any atom is 0.211 e. The molecule has 0 aliphatic carbocycles. The minimum Gasteiger partial charge on any atom is -0.439 e. The second-order valence-electron chi connectivity index (χ2n) is 3.97. The molecule has 96 valence electrons. The third kappa shape index (κ3) is 3.13. The van der Waals surface area contributed by atoms with Gasteiger partial charge in [-0.3, -0.25) is 0 Å². The Hall–Kier alpha value is -0.400. The Morgan fingerprint density at radius 3 is 3.00 bits per heavy atom. The molecule has 1 unspecified atom stereocenters. The molecule has 0 fully saturated rings. The van der Waals surface area contributed by atoms with Crippen molar-refractivity contribution >= 4 is 38.5 Å². The largest absolute Gasteiger partial charge is 0.439 e. The van der Waals surface area contributed by atoms with Gasteiger partial charge in [-0.05, 0) is 54.3 Å². The minimum atomic E-state index is 0.133. The van der Waals surface area contributed by atoms with Gasteiger partial charge in [0.1, 0.15) is 0 Å². The molecule has 0 amide bonds. The summed E-state index contributed by atoms with van der Waals surface area (Å²) in [5.41, 5.74) is 1.06. The van der Waals surface area contributed by atoms with E-state index >= 15 is 0 Å². The smallest absolute Gasteiger partial charge is 0.211 e. The molecule has 1 aromatic carbocycles. The lowest BCUT2D eigenvalue weighted by Crippen LogP contribution is -2.17. The van der Waals surface area contributed by atoms with Crippen LogP contribution in [-0.4, -0.2) is 11.5 Å². The van der Waals surface area contributed by atoms with Crippen LogP contribution < -0.4 is 5.32 Å². The summed E-state index contributed by atoms with van der Waals surface area (Å²) in [4.78, 5) is 4.33. The number of nitrogens with zero attached hydrogens (tertiary/aromatic N) is 1. The topological polar surface area (TPSA) is 38.1 Å². The summed E-state index contributed by atoms with van der Waals surface area (Å²) in [6, 6.07) is 6.25. The number of aromatic nitrogens is 1. The number of halogens is 2. The third-order valence-corrected chi connectivity index (χ3v) is 4.03. The number of oxazole rings is 1. The lowest BCUT2D eigenvalue weighted by Gasteiger charge is -2.07. The maximum atomic E-state index is 5.82. The molecule has 0 aliphatic rings. The number of nitrogens with one attached hydrogen (secondary N) is 1. The van der Waals surface area contributed by atoms with Crippen molar-refractivity contribution in [2.24, 2.45) is 0 Å². The van der Waals surface area contributed by atoms with Gasteiger partial charge < -0.3 is 9.73 Å². The van der Waals surface area contributed by atoms with Gasteiger partial charge in [0.05, 0.1) is 12.2 Å². The van der Waals surface area contributed by atoms with Gasteiger partial charge >= 0.3 is 0 Å². The molecule has 0 bridgehead atoms. The Balaban J connectivity index is 2.32. The molecule has 0 saturated heterocycles. The molecule has 2 rings (SSSR count). The SMILES string of the molecule is CCNC(C)c1ncc(-c2cc(Br)ccc2I)o1. The van der Waals surface area contributed by atoms with Gasteiger partial charge in [0.15, 0.2) is 5.76 Å². The maximum absolute atomic E-state index is 5.82. The summed E-state index contributed by atoms with van der Waals surface area (Å²) in [6.45, 7) is 5.01. The normalized spacial score (nSPS) is 12.7. The van der Waals surface area contributed by atoms with Crippen LogP contribution in [0, 0.1) is 3.57 Å². The number of rotatable bonds is 4. The van der Waals surface area contributed by atoms with Crippen molar-refractivity contribution in [1.82, 2.24) is 10.3 Å². The van der Waals surface area contributed by atoms with E-state index in [1.54, 1.807) is 6.20 Å². The van der Waals surface area contributed by atoms with Gasteiger partial charge in [-0.1, -0.05) is 22.9 Å². The van der Waals surface area contributed by atoms with Crippen LogP contribution in [0.5, 0.6) is 0 Å². The summed E-state index contributed by atoms with van der Waals surface area (Å²) < 4.78 is 8.01. The Kier molecular flexibility index (Phi) is 4.80. The Morgan fingerprint density at radius 1 is 1.50 bits per heavy atom. The monoisotopic (exact) mass is 420 g/mol. The molecule has 1 aromatic heterocycles. The average molecular weight is 421 g/mol. The predicted molar refractivity (Wildman–Crippen MR) is 84.4 cm³/mol. The van der Waals surface area contributed by atoms with E-state index in [0.29, 0.717) is 0 Å². The Morgan fingerprint density at radius 2 is 2.28 bits per heavy atom. The van der Waals surface area contributed by atoms with Gasteiger partial charge in [0.25, 0.3) is 0 Å². The first-order valence-electron chi connectivity index (χ1n) is 5.76. The summed E-state index contributed by atoms with van der Waals surface area (Å²) in [7, 11) is 0. The molecular formula is C13H14BrIN2O. The van der Waals surface area contributed by atoms with Crippen LogP contribution in [0.1, 0.15) is 25.8 Å². The van der Waals surface area contributed by atoms with Crippen molar-refractivity contribution in [3.05, 3.63) is 38.3 Å². The highest BCUT2D eigenvalue weighted by Gasteiger charge is 2.14. The van der Waals surface area contributed by atoms with E-state index in [0.717, 1.165) is 31.8 Å². The minimum absolute atomic E-state index is 0.133. The zero-order valence-electron chi connectivity index (χ0n) is 10.2. The molecule has 0 radical (unpaired) electrons. The molecule has 18 heavy (non-hydrogen) atoms. The lowest BCUT2D eigenvalue weighted by atomic mass is 10.2. The van der Waals surface area contributed by atoms with Crippen LogP contribution in [0.2, 0.25) is 0 Å². The molecule has 2 aromatic rings. The molecule has 5 heteroatoms. The van der Waals surface area contributed by atoms with Crippen LogP contribution >= 0.6 is 38.5 Å². The first-order chi connectivity index (χ1) is 8.61. The van der Waals surface area contributed by atoms with Gasteiger partial charge in [-0.2, -0.15) is 0 Å². The van der Waals surface area contributed by atoms with Crippen molar-refractivity contribution in [3.63, 3.8) is 0 Å². The van der Waals surface area contributed by atoms with E-state index in [1.807, 2.05) is 19.1 Å². The first kappa shape index (κ1) is 14.0. The Labute approximate surface area is 129 Å². The van der Waals surface area contributed by atoms with E-state index in [9.17, 15) is 0 Å². The van der Waals surface area contributed by atoms with E-state index in [-0.39, 0.29) is 6.04 Å². The number of hydrogen-bond acceptors (Lipinski definition) is 3. The zero-order chi connectivity index (χ0) is 13.1. The van der Waals surface area contributed by atoms with Gasteiger partial charge in [0.2, 0.25) is 5.89 Å². The van der Waals surface area contributed by atoms with Crippen molar-refractivity contribution in [2.45, 2.75) is 19.9 Å². The molecule has 0 saturated carbocycles. The van der Waals surface area contributed by atoms with Crippen molar-refractivity contribution in [2.75, 3.05) is 6.54 Å². The molecule has 1 heterocycles. The molecule has 3 nitrogen and oxygen atoms in total. The van der Waals surface area contributed by atoms with Crippen LogP contribution in [0.15, 0.2) is 33.3 Å². The summed E-state index contributed by atoms with van der Waals surface area (Å²) in [5.74, 6) is 1.53. The van der Waals surface area contributed by atoms with E-state index in [1.165, 1.54) is 0 Å². The van der Waals surface area contributed by atoms with Gasteiger partial charge in [-0.25, -0.2) is 4.98 Å². The summed E-state index contributed by atoms with van der Waals surface area (Å²) >= 11 is 5.78. The van der Waals surface area contributed by atoms with Gasteiger partial charge in [-0.15, -0.1) is 0 Å². The van der Waals surface area contributed by atoms with Crippen molar-refractivity contribution in [1.29, 1.82) is 0 Å². The predicted octanol–water partition coefficient (Wildman–Crippen LogP) is 4.38. The fourth-order valence-electron chi connectivity index (χ4n) is 1.69. The highest BCUT2D eigenvalue weighted by Crippen LogP contribution is 2.29. The third-order valence-electron chi connectivity index (χ3n) is 2.60. The van der Waals surface area contributed by atoms with Crippen LogP contribution in [0.3, 0.4) is 0 Å². The van der Waals surface area contributed by atoms with Crippen LogP contribution in [0.25, 0.3) is 11.3 Å². The summed E-state index contributed by atoms with van der Waals surface area (Å²) in [5, 5.41) is 3.29. The molecule has 1 N–H and O–H groups in total. The van der Waals surface area contributed by atoms with E-state index in [4.69, 9.17) is 4.42 Å². The molecule has 0 spiro atoms. The van der Waals surface area contributed by atoms with Crippen LogP contribution in [-0.2, 0) is 0 Å². The second-order valence-corrected chi connectivity index (χ2v) is 6.04. The molecular weight excluding hydrogens is 407 g/mol. The second kappa shape index (κ2) is 6.16.